The van der Waals surface area contributed by atoms with Crippen LogP contribution in [0.1, 0.15) is 37.5 Å². The second kappa shape index (κ2) is 5.69. The number of hydrogen-bond donors (Lipinski definition) is 1. The Hall–Kier alpha value is -1.31. The maximum Gasteiger partial charge on any atom is 0.150 e. The van der Waals surface area contributed by atoms with Crippen molar-refractivity contribution in [3.8, 4) is 11.8 Å². The predicted molar refractivity (Wildman–Crippen MR) is 61.6 cm³/mol. The van der Waals surface area contributed by atoms with Crippen LogP contribution in [-0.2, 0) is 4.74 Å². The Morgan fingerprint density at radius 3 is 3.25 bits per heavy atom. The van der Waals surface area contributed by atoms with E-state index in [4.69, 9.17) is 10.5 Å². The molecule has 0 unspecified atom stereocenters. The van der Waals surface area contributed by atoms with E-state index in [2.05, 4.69) is 16.9 Å². The third-order valence-electron chi connectivity index (χ3n) is 2.55. The SMILES string of the molecule is NCCC#Cc1cnn([C@@H]2CCCCO2)c1. The lowest BCUT2D eigenvalue weighted by Gasteiger charge is -2.22. The first-order chi connectivity index (χ1) is 7.90. The minimum Gasteiger partial charge on any atom is -0.357 e. The van der Waals surface area contributed by atoms with Crippen molar-refractivity contribution in [3.05, 3.63) is 18.0 Å². The molecule has 4 nitrogen and oxygen atoms in total. The van der Waals surface area contributed by atoms with Crippen LogP contribution in [0.15, 0.2) is 12.4 Å². The van der Waals surface area contributed by atoms with Crippen LogP contribution in [-0.4, -0.2) is 22.9 Å². The number of hydrogen-bond acceptors (Lipinski definition) is 3. The summed E-state index contributed by atoms with van der Waals surface area (Å²) in [6, 6.07) is 0. The fourth-order valence-electron chi connectivity index (χ4n) is 1.73. The Kier molecular flexibility index (Phi) is 3.97. The standard InChI is InChI=1S/C12H17N3O/c13-7-3-1-5-11-9-14-15(10-11)12-6-2-4-8-16-12/h9-10,12H,2-4,6-8,13H2/t12-/m0/s1. The van der Waals surface area contributed by atoms with Crippen molar-refractivity contribution in [2.24, 2.45) is 5.73 Å². The lowest BCUT2D eigenvalue weighted by molar-refractivity contribution is -0.0395. The number of ether oxygens (including phenoxy) is 1. The molecule has 2 heterocycles. The van der Waals surface area contributed by atoms with E-state index >= 15 is 0 Å². The first-order valence-electron chi connectivity index (χ1n) is 5.75. The van der Waals surface area contributed by atoms with Crippen LogP contribution in [0.5, 0.6) is 0 Å². The molecule has 86 valence electrons. The molecule has 1 fully saturated rings. The van der Waals surface area contributed by atoms with E-state index in [1.807, 2.05) is 10.9 Å². The van der Waals surface area contributed by atoms with Gasteiger partial charge < -0.3 is 10.5 Å². The molecule has 4 heteroatoms. The molecular formula is C12H17N3O. The monoisotopic (exact) mass is 219 g/mol. The molecule has 1 aliphatic heterocycles. The number of aromatic nitrogens is 2. The molecule has 0 saturated carbocycles. The van der Waals surface area contributed by atoms with E-state index in [0.717, 1.165) is 31.4 Å². The van der Waals surface area contributed by atoms with Crippen molar-refractivity contribution < 1.29 is 4.74 Å². The summed E-state index contributed by atoms with van der Waals surface area (Å²) < 4.78 is 7.50. The van der Waals surface area contributed by atoms with Gasteiger partial charge in [-0.05, 0) is 19.3 Å². The second-order valence-corrected chi connectivity index (χ2v) is 3.87. The zero-order valence-electron chi connectivity index (χ0n) is 9.35. The van der Waals surface area contributed by atoms with E-state index < -0.39 is 0 Å². The van der Waals surface area contributed by atoms with E-state index in [1.54, 1.807) is 6.20 Å². The second-order valence-electron chi connectivity index (χ2n) is 3.87. The highest BCUT2D eigenvalue weighted by molar-refractivity contribution is 5.29. The van der Waals surface area contributed by atoms with Gasteiger partial charge in [-0.2, -0.15) is 5.10 Å². The molecule has 0 radical (unpaired) electrons. The lowest BCUT2D eigenvalue weighted by atomic mass is 10.2. The smallest absolute Gasteiger partial charge is 0.150 e. The molecule has 1 atom stereocenters. The minimum absolute atomic E-state index is 0.0961. The first kappa shape index (κ1) is 11.2. The number of nitrogens with zero attached hydrogens (tertiary/aromatic N) is 2. The summed E-state index contributed by atoms with van der Waals surface area (Å²) in [5, 5.41) is 4.28. The predicted octanol–water partition coefficient (Wildman–Crippen LogP) is 1.28. The van der Waals surface area contributed by atoms with Gasteiger partial charge in [0.1, 0.15) is 6.23 Å². The van der Waals surface area contributed by atoms with Crippen LogP contribution in [0.4, 0.5) is 0 Å². The van der Waals surface area contributed by atoms with Crippen LogP contribution in [0.2, 0.25) is 0 Å². The van der Waals surface area contributed by atoms with Crippen LogP contribution >= 0.6 is 0 Å². The molecule has 0 aromatic carbocycles. The van der Waals surface area contributed by atoms with Crippen molar-refractivity contribution in [2.45, 2.75) is 31.9 Å². The third-order valence-corrected chi connectivity index (χ3v) is 2.55. The summed E-state index contributed by atoms with van der Waals surface area (Å²) in [5.41, 5.74) is 6.30. The van der Waals surface area contributed by atoms with Crippen LogP contribution < -0.4 is 5.73 Å². The molecule has 1 aromatic heterocycles. The lowest BCUT2D eigenvalue weighted by Crippen LogP contribution is -2.18. The van der Waals surface area contributed by atoms with Crippen LogP contribution in [0.25, 0.3) is 0 Å². The highest BCUT2D eigenvalue weighted by Gasteiger charge is 2.15. The average molecular weight is 219 g/mol. The molecule has 1 saturated heterocycles. The van der Waals surface area contributed by atoms with E-state index in [0.29, 0.717) is 6.54 Å². The van der Waals surface area contributed by atoms with Gasteiger partial charge in [0.2, 0.25) is 0 Å². The fourth-order valence-corrected chi connectivity index (χ4v) is 1.73. The van der Waals surface area contributed by atoms with Gasteiger partial charge in [-0.15, -0.1) is 0 Å². The highest BCUT2D eigenvalue weighted by atomic mass is 16.5. The summed E-state index contributed by atoms with van der Waals surface area (Å²) in [6.07, 6.45) is 7.95. The molecule has 1 aromatic rings. The Bertz CT molecular complexity index is 382. The van der Waals surface area contributed by atoms with E-state index in [9.17, 15) is 0 Å². The summed E-state index contributed by atoms with van der Waals surface area (Å²) in [4.78, 5) is 0. The molecule has 0 bridgehead atoms. The van der Waals surface area contributed by atoms with E-state index in [1.165, 1.54) is 6.42 Å². The zero-order valence-corrected chi connectivity index (χ0v) is 9.35. The Balaban J connectivity index is 1.99. The fraction of sp³-hybridized carbons (Fsp3) is 0.583. The normalized spacial score (nSPS) is 20.2. The van der Waals surface area contributed by atoms with Gasteiger partial charge in [-0.3, -0.25) is 0 Å². The molecule has 0 aliphatic carbocycles. The van der Waals surface area contributed by atoms with Gasteiger partial charge in [0.15, 0.2) is 0 Å². The van der Waals surface area contributed by atoms with Gasteiger partial charge in [-0.25, -0.2) is 4.68 Å². The highest BCUT2D eigenvalue weighted by Crippen LogP contribution is 2.21. The maximum absolute atomic E-state index is 5.64. The first-order valence-corrected chi connectivity index (χ1v) is 5.75. The quantitative estimate of drug-likeness (QED) is 0.762. The van der Waals surface area contributed by atoms with Crippen molar-refractivity contribution in [2.75, 3.05) is 13.2 Å². The van der Waals surface area contributed by atoms with Gasteiger partial charge in [-0.1, -0.05) is 11.8 Å². The van der Waals surface area contributed by atoms with Gasteiger partial charge in [0.05, 0.1) is 11.8 Å². The molecule has 16 heavy (non-hydrogen) atoms. The van der Waals surface area contributed by atoms with Crippen molar-refractivity contribution in [1.29, 1.82) is 0 Å². The van der Waals surface area contributed by atoms with Crippen LogP contribution in [0.3, 0.4) is 0 Å². The summed E-state index contributed by atoms with van der Waals surface area (Å²) in [7, 11) is 0. The van der Waals surface area contributed by atoms with Gasteiger partial charge in [0, 0.05) is 25.8 Å². The third kappa shape index (κ3) is 2.84. The largest absolute Gasteiger partial charge is 0.357 e. The number of nitrogens with two attached hydrogens (primary N) is 1. The average Bonchev–Trinajstić information content (AvgIpc) is 2.79. The Morgan fingerprint density at radius 2 is 2.50 bits per heavy atom. The van der Waals surface area contributed by atoms with Gasteiger partial charge in [0.25, 0.3) is 0 Å². The Morgan fingerprint density at radius 1 is 1.56 bits per heavy atom. The molecular weight excluding hydrogens is 202 g/mol. The number of rotatable bonds is 2. The maximum atomic E-state index is 5.64. The summed E-state index contributed by atoms with van der Waals surface area (Å²) in [6.45, 7) is 1.44. The topological polar surface area (TPSA) is 53.1 Å². The molecule has 0 spiro atoms. The zero-order chi connectivity index (χ0) is 11.2. The molecule has 2 rings (SSSR count). The molecule has 0 amide bonds. The van der Waals surface area contributed by atoms with Crippen molar-refractivity contribution in [3.63, 3.8) is 0 Å². The van der Waals surface area contributed by atoms with Crippen molar-refractivity contribution in [1.82, 2.24) is 9.78 Å². The van der Waals surface area contributed by atoms with Crippen molar-refractivity contribution >= 4 is 0 Å². The molecule has 1 aliphatic rings. The molecule has 2 N–H and O–H groups in total. The summed E-state index contributed by atoms with van der Waals surface area (Å²) >= 11 is 0. The van der Waals surface area contributed by atoms with Gasteiger partial charge >= 0.3 is 0 Å². The minimum atomic E-state index is 0.0961. The Labute approximate surface area is 95.8 Å². The summed E-state index contributed by atoms with van der Waals surface area (Å²) in [5.74, 6) is 6.03. The van der Waals surface area contributed by atoms with E-state index in [-0.39, 0.29) is 6.23 Å². The van der Waals surface area contributed by atoms with Crippen LogP contribution in [0, 0.1) is 11.8 Å².